The predicted molar refractivity (Wildman–Crippen MR) is 46.8 cm³/mol. The molecule has 0 amide bonds. The Morgan fingerprint density at radius 1 is 1.00 bits per heavy atom. The van der Waals surface area contributed by atoms with E-state index in [1.807, 2.05) is 0 Å². The second kappa shape index (κ2) is 9.51. The van der Waals surface area contributed by atoms with Crippen LogP contribution in [0.1, 0.15) is 2.85 Å². The number of hydrogen-bond acceptors (Lipinski definition) is 5. The molecule has 0 heterocycles. The summed E-state index contributed by atoms with van der Waals surface area (Å²) in [5.41, 5.74) is 0. The third kappa shape index (κ3) is 374. The fraction of sp³-hybridized carbons (Fsp3) is 0. The SMILES string of the molecule is O=P(O)(O)O.O[Si](O)(O)O.[AlH3].[Ca+2].[H-].[H-]. The minimum Gasteiger partial charge on any atom is -1.00 e. The molecule has 0 radical (unpaired) electrons. The third-order valence-corrected chi connectivity index (χ3v) is 0. The van der Waals surface area contributed by atoms with E-state index in [4.69, 9.17) is 38.4 Å². The summed E-state index contributed by atoms with van der Waals surface area (Å²) in [7, 11) is -9.25. The maximum absolute atomic E-state index is 8.88. The molecule has 0 saturated carbocycles. The zero-order chi connectivity index (χ0) is 9.00. The van der Waals surface area contributed by atoms with Gasteiger partial charge in [0.1, 0.15) is 0 Å². The molecule has 0 bridgehead atoms. The first-order chi connectivity index (χ1) is 4.00. The van der Waals surface area contributed by atoms with Gasteiger partial charge >= 0.3 is 54.6 Å². The first-order valence-electron chi connectivity index (χ1n) is 1.68. The van der Waals surface area contributed by atoms with Gasteiger partial charge in [-0.2, -0.15) is 0 Å². The van der Waals surface area contributed by atoms with Crippen molar-refractivity contribution in [2.75, 3.05) is 0 Å². The molecule has 0 aromatic rings. The normalized spacial score (nSPS) is 9.92. The van der Waals surface area contributed by atoms with Gasteiger partial charge in [-0.05, 0) is 0 Å². The van der Waals surface area contributed by atoms with Crippen LogP contribution < -0.4 is 0 Å². The van der Waals surface area contributed by atoms with Gasteiger partial charge in [0.25, 0.3) is 0 Å². The summed E-state index contributed by atoms with van der Waals surface area (Å²) in [5.74, 6) is 0. The van der Waals surface area contributed by atoms with E-state index in [1.54, 1.807) is 0 Å². The summed E-state index contributed by atoms with van der Waals surface area (Å²) in [4.78, 5) is 50.9. The van der Waals surface area contributed by atoms with E-state index >= 15 is 0 Å². The Balaban J connectivity index is -0.0000000178. The zero-order valence-electron chi connectivity index (χ0n) is 7.19. The molecule has 7 N–H and O–H groups in total. The van der Waals surface area contributed by atoms with Crippen LogP contribution in [0.3, 0.4) is 0 Å². The van der Waals surface area contributed by atoms with Gasteiger partial charge in [0, 0.05) is 0 Å². The molecule has 0 unspecified atom stereocenters. The molecule has 0 aliphatic heterocycles. The summed E-state index contributed by atoms with van der Waals surface area (Å²) in [6.07, 6.45) is 0. The van der Waals surface area contributed by atoms with Crippen molar-refractivity contribution in [2.45, 2.75) is 0 Å². The summed E-state index contributed by atoms with van der Waals surface area (Å²) in [5, 5.41) is 0. The molecule has 12 heavy (non-hydrogen) atoms. The van der Waals surface area contributed by atoms with Crippen molar-refractivity contribution < 1.29 is 41.3 Å². The van der Waals surface area contributed by atoms with Crippen LogP contribution in [0.5, 0.6) is 0 Å². The van der Waals surface area contributed by atoms with Crippen LogP contribution in [0.25, 0.3) is 0 Å². The molecule has 12 heteroatoms. The van der Waals surface area contributed by atoms with Gasteiger partial charge in [-0.1, -0.05) is 0 Å². The second-order valence-electron chi connectivity index (χ2n) is 1.11. The van der Waals surface area contributed by atoms with Crippen LogP contribution in [-0.4, -0.2) is 98.0 Å². The minimum absolute atomic E-state index is 0. The van der Waals surface area contributed by atoms with E-state index in [0.717, 1.165) is 0 Å². The Morgan fingerprint density at radius 2 is 1.00 bits per heavy atom. The van der Waals surface area contributed by atoms with Crippen LogP contribution in [0, 0.1) is 0 Å². The third-order valence-electron chi connectivity index (χ3n) is 0. The average molecular weight is 266 g/mol. The molecular weight excluding hydrogens is 254 g/mol. The Labute approximate surface area is 112 Å². The summed E-state index contributed by atoms with van der Waals surface area (Å²) >= 11 is 0. The van der Waals surface area contributed by atoms with Crippen molar-refractivity contribution in [3.05, 3.63) is 0 Å². The van der Waals surface area contributed by atoms with E-state index in [0.29, 0.717) is 0 Å². The molecular formula is H12AlCaO8PSi. The van der Waals surface area contributed by atoms with Gasteiger partial charge in [-0.25, -0.2) is 4.57 Å². The molecule has 0 aromatic heterocycles. The Hall–Kier alpha value is 1.96. The molecule has 0 aliphatic carbocycles. The van der Waals surface area contributed by atoms with Crippen LogP contribution in [0.15, 0.2) is 0 Å². The largest absolute Gasteiger partial charge is 2.00 e. The monoisotopic (exact) mass is 266 g/mol. The molecule has 0 rings (SSSR count). The predicted octanol–water partition coefficient (Wildman–Crippen LogP) is -4.88. The van der Waals surface area contributed by atoms with Crippen LogP contribution in [0.2, 0.25) is 0 Å². The quantitative estimate of drug-likeness (QED) is 0.170. The molecule has 0 spiro atoms. The molecule has 8 nitrogen and oxygen atoms in total. The van der Waals surface area contributed by atoms with Crippen LogP contribution >= 0.6 is 7.82 Å². The van der Waals surface area contributed by atoms with Crippen molar-refractivity contribution >= 4 is 72.0 Å². The molecule has 0 saturated heterocycles. The van der Waals surface area contributed by atoms with Gasteiger partial charge in [0.2, 0.25) is 0 Å². The molecule has 0 aliphatic rings. The Kier molecular flexibility index (Phi) is 18.7. The van der Waals surface area contributed by atoms with Crippen molar-refractivity contribution in [3.63, 3.8) is 0 Å². The zero-order valence-corrected chi connectivity index (χ0v) is 9.30. The smallest absolute Gasteiger partial charge is 1.00 e. The maximum atomic E-state index is 8.88. The van der Waals surface area contributed by atoms with Crippen LogP contribution in [0.4, 0.5) is 0 Å². The molecule has 0 aromatic carbocycles. The van der Waals surface area contributed by atoms with E-state index < -0.39 is 16.9 Å². The molecule has 0 atom stereocenters. The standard InChI is InChI=1S/Al.Ca.H3O4P.H4O4Si.5H/c;;2*1-5(2,3)4;;;;;/h;;(H3,1,2,3,4);1-4H;;;;;/q;+2;;;;;;2*-1. The van der Waals surface area contributed by atoms with Crippen molar-refractivity contribution in [3.8, 4) is 0 Å². The van der Waals surface area contributed by atoms with Gasteiger partial charge in [-0.15, -0.1) is 0 Å². The van der Waals surface area contributed by atoms with E-state index in [1.165, 1.54) is 0 Å². The minimum atomic E-state index is -4.64. The van der Waals surface area contributed by atoms with Crippen molar-refractivity contribution in [2.24, 2.45) is 0 Å². The number of rotatable bonds is 0. The molecule has 74 valence electrons. The first kappa shape index (κ1) is 23.6. The van der Waals surface area contributed by atoms with Crippen molar-refractivity contribution in [1.82, 2.24) is 0 Å². The first-order valence-corrected chi connectivity index (χ1v) is 5.03. The van der Waals surface area contributed by atoms with Crippen molar-refractivity contribution in [1.29, 1.82) is 0 Å². The fourth-order valence-corrected chi connectivity index (χ4v) is 0. The maximum Gasteiger partial charge on any atom is 2.00 e. The van der Waals surface area contributed by atoms with Gasteiger partial charge in [0.15, 0.2) is 17.4 Å². The number of phosphoric acid groups is 1. The summed E-state index contributed by atoms with van der Waals surface area (Å²) in [6.45, 7) is 0. The summed E-state index contributed by atoms with van der Waals surface area (Å²) in [6, 6.07) is 0. The van der Waals surface area contributed by atoms with E-state index in [-0.39, 0.29) is 58.0 Å². The van der Waals surface area contributed by atoms with Gasteiger partial charge < -0.3 is 36.7 Å². The van der Waals surface area contributed by atoms with Gasteiger partial charge in [-0.3, -0.25) is 0 Å². The van der Waals surface area contributed by atoms with E-state index in [9.17, 15) is 0 Å². The average Bonchev–Trinajstić information content (AvgIpc) is 1.12. The summed E-state index contributed by atoms with van der Waals surface area (Å²) < 4.78 is 8.88. The Morgan fingerprint density at radius 3 is 1.00 bits per heavy atom. The Bertz CT molecular complexity index is 120. The molecule has 0 fully saturated rings. The second-order valence-corrected chi connectivity index (χ2v) is 3.34. The van der Waals surface area contributed by atoms with Gasteiger partial charge in [0.05, 0.1) is 0 Å². The van der Waals surface area contributed by atoms with E-state index in [2.05, 4.69) is 0 Å². The topological polar surface area (TPSA) is 159 Å². The fourth-order valence-electron chi connectivity index (χ4n) is 0. The number of hydrogen-bond donors (Lipinski definition) is 7. The van der Waals surface area contributed by atoms with Crippen LogP contribution in [-0.2, 0) is 4.57 Å².